The van der Waals surface area contributed by atoms with E-state index in [9.17, 15) is 4.79 Å². The van der Waals surface area contributed by atoms with Crippen LogP contribution in [0.15, 0.2) is 0 Å². The first-order valence-corrected chi connectivity index (χ1v) is 6.47. The summed E-state index contributed by atoms with van der Waals surface area (Å²) in [6, 6.07) is 0. The Morgan fingerprint density at radius 3 is 2.50 bits per heavy atom. The molecule has 0 aliphatic carbocycles. The standard InChI is InChI=1S/C9H16OS2/c1-3-5-8(10)9(2)11-6-4-7-12-9/h3-7H2,1-2H3. The Balaban J connectivity index is 2.50. The Hall–Kier alpha value is 0.370. The summed E-state index contributed by atoms with van der Waals surface area (Å²) in [5.41, 5.74) is 0. The lowest BCUT2D eigenvalue weighted by molar-refractivity contribution is -0.119. The summed E-state index contributed by atoms with van der Waals surface area (Å²) >= 11 is 3.65. The van der Waals surface area contributed by atoms with E-state index in [0.717, 1.165) is 24.3 Å². The lowest BCUT2D eigenvalue weighted by Gasteiger charge is -2.30. The smallest absolute Gasteiger partial charge is 0.158 e. The van der Waals surface area contributed by atoms with Crippen LogP contribution in [-0.2, 0) is 4.79 Å². The quantitative estimate of drug-likeness (QED) is 0.703. The molecule has 0 bridgehead atoms. The van der Waals surface area contributed by atoms with E-state index in [-0.39, 0.29) is 4.08 Å². The fourth-order valence-electron chi connectivity index (χ4n) is 1.25. The molecular weight excluding hydrogens is 188 g/mol. The first kappa shape index (κ1) is 10.5. The van der Waals surface area contributed by atoms with Gasteiger partial charge in [-0.05, 0) is 31.3 Å². The minimum Gasteiger partial charge on any atom is -0.297 e. The van der Waals surface area contributed by atoms with E-state index in [2.05, 4.69) is 13.8 Å². The predicted molar refractivity (Wildman–Crippen MR) is 57.9 cm³/mol. The molecule has 3 heteroatoms. The normalized spacial score (nSPS) is 22.2. The monoisotopic (exact) mass is 204 g/mol. The second-order valence-corrected chi connectivity index (χ2v) is 6.45. The molecular formula is C9H16OS2. The number of carbonyl (C=O) groups is 1. The zero-order valence-corrected chi connectivity index (χ0v) is 9.39. The van der Waals surface area contributed by atoms with Gasteiger partial charge in [0.25, 0.3) is 0 Å². The molecule has 1 aliphatic rings. The lowest BCUT2D eigenvalue weighted by atomic mass is 10.2. The van der Waals surface area contributed by atoms with Crippen molar-refractivity contribution in [2.24, 2.45) is 0 Å². The molecule has 0 aromatic heterocycles. The summed E-state index contributed by atoms with van der Waals surface area (Å²) in [5.74, 6) is 2.73. The van der Waals surface area contributed by atoms with Gasteiger partial charge in [0.1, 0.15) is 4.08 Å². The minimum absolute atomic E-state index is 0.117. The Bertz CT molecular complexity index is 162. The molecule has 0 aromatic carbocycles. The van der Waals surface area contributed by atoms with Crippen molar-refractivity contribution in [3.63, 3.8) is 0 Å². The van der Waals surface area contributed by atoms with Crippen molar-refractivity contribution < 1.29 is 4.79 Å². The summed E-state index contributed by atoms with van der Waals surface area (Å²) in [4.78, 5) is 11.7. The number of carbonyl (C=O) groups excluding carboxylic acids is 1. The highest BCUT2D eigenvalue weighted by atomic mass is 32.2. The van der Waals surface area contributed by atoms with E-state index < -0.39 is 0 Å². The SMILES string of the molecule is CCCC(=O)C1(C)SCCCS1. The van der Waals surface area contributed by atoms with E-state index in [1.807, 2.05) is 23.5 Å². The third-order valence-corrected chi connectivity index (χ3v) is 5.28. The van der Waals surface area contributed by atoms with Gasteiger partial charge in [0.05, 0.1) is 0 Å². The van der Waals surface area contributed by atoms with Gasteiger partial charge < -0.3 is 0 Å². The molecule has 0 aromatic rings. The number of hydrogen-bond acceptors (Lipinski definition) is 3. The van der Waals surface area contributed by atoms with E-state index in [0.29, 0.717) is 5.78 Å². The van der Waals surface area contributed by atoms with Crippen molar-refractivity contribution in [1.82, 2.24) is 0 Å². The van der Waals surface area contributed by atoms with Gasteiger partial charge in [-0.3, -0.25) is 4.79 Å². The number of Topliss-reactive ketones (excluding diaryl/α,β-unsaturated/α-hetero) is 1. The van der Waals surface area contributed by atoms with Crippen molar-refractivity contribution >= 4 is 29.3 Å². The number of hydrogen-bond donors (Lipinski definition) is 0. The van der Waals surface area contributed by atoms with Crippen molar-refractivity contribution in [1.29, 1.82) is 0 Å². The van der Waals surface area contributed by atoms with Crippen molar-refractivity contribution in [2.75, 3.05) is 11.5 Å². The average molecular weight is 204 g/mol. The summed E-state index contributed by atoms with van der Waals surface area (Å²) in [5, 5.41) is 0. The largest absolute Gasteiger partial charge is 0.297 e. The molecule has 0 atom stereocenters. The highest BCUT2D eigenvalue weighted by Gasteiger charge is 2.34. The molecule has 0 amide bonds. The Labute approximate surface area is 83.1 Å². The first-order valence-electron chi connectivity index (χ1n) is 4.50. The molecule has 1 heterocycles. The van der Waals surface area contributed by atoms with Gasteiger partial charge in [-0.1, -0.05) is 6.92 Å². The molecule has 70 valence electrons. The van der Waals surface area contributed by atoms with Crippen LogP contribution in [0.3, 0.4) is 0 Å². The van der Waals surface area contributed by atoms with Gasteiger partial charge in [0.15, 0.2) is 5.78 Å². The predicted octanol–water partition coefficient (Wildman–Crippen LogP) is 2.94. The van der Waals surface area contributed by atoms with Crippen LogP contribution < -0.4 is 0 Å². The van der Waals surface area contributed by atoms with Crippen LogP contribution in [0.25, 0.3) is 0 Å². The summed E-state index contributed by atoms with van der Waals surface area (Å²) in [6.07, 6.45) is 2.98. The van der Waals surface area contributed by atoms with Gasteiger partial charge in [-0.25, -0.2) is 0 Å². The first-order chi connectivity index (χ1) is 5.69. The third kappa shape index (κ3) is 2.43. The summed E-state index contributed by atoms with van der Waals surface area (Å²) in [7, 11) is 0. The van der Waals surface area contributed by atoms with Crippen LogP contribution in [0.2, 0.25) is 0 Å². The van der Waals surface area contributed by atoms with Gasteiger partial charge >= 0.3 is 0 Å². The molecule has 0 N–H and O–H groups in total. The Morgan fingerprint density at radius 2 is 2.00 bits per heavy atom. The van der Waals surface area contributed by atoms with Crippen molar-refractivity contribution in [2.45, 2.75) is 37.2 Å². The van der Waals surface area contributed by atoms with Gasteiger partial charge in [0, 0.05) is 6.42 Å². The van der Waals surface area contributed by atoms with Crippen molar-refractivity contribution in [3.05, 3.63) is 0 Å². The van der Waals surface area contributed by atoms with Crippen LogP contribution in [0.4, 0.5) is 0 Å². The Morgan fingerprint density at radius 1 is 1.42 bits per heavy atom. The van der Waals surface area contributed by atoms with Gasteiger partial charge in [-0.15, -0.1) is 23.5 Å². The average Bonchev–Trinajstić information content (AvgIpc) is 2.06. The summed E-state index contributed by atoms with van der Waals surface area (Å²) < 4.78 is -0.117. The topological polar surface area (TPSA) is 17.1 Å². The third-order valence-electron chi connectivity index (χ3n) is 2.03. The van der Waals surface area contributed by atoms with E-state index in [1.54, 1.807) is 0 Å². The molecule has 0 saturated carbocycles. The lowest BCUT2D eigenvalue weighted by Crippen LogP contribution is -2.31. The second-order valence-electron chi connectivity index (χ2n) is 3.17. The molecule has 12 heavy (non-hydrogen) atoms. The molecule has 0 unspecified atom stereocenters. The zero-order chi connectivity index (χ0) is 9.03. The highest BCUT2D eigenvalue weighted by molar-refractivity contribution is 8.19. The maximum atomic E-state index is 11.7. The van der Waals surface area contributed by atoms with Crippen LogP contribution in [0, 0.1) is 0 Å². The second kappa shape index (κ2) is 4.56. The number of thioether (sulfide) groups is 2. The van der Waals surface area contributed by atoms with E-state index >= 15 is 0 Å². The van der Waals surface area contributed by atoms with Gasteiger partial charge in [0.2, 0.25) is 0 Å². The van der Waals surface area contributed by atoms with E-state index in [4.69, 9.17) is 0 Å². The van der Waals surface area contributed by atoms with Gasteiger partial charge in [-0.2, -0.15) is 0 Å². The van der Waals surface area contributed by atoms with Crippen molar-refractivity contribution in [3.8, 4) is 0 Å². The molecule has 1 rings (SSSR count). The molecule has 1 saturated heterocycles. The van der Waals surface area contributed by atoms with E-state index in [1.165, 1.54) is 6.42 Å². The molecule has 1 nitrogen and oxygen atoms in total. The fourth-order valence-corrected chi connectivity index (χ4v) is 4.15. The number of ketones is 1. The highest BCUT2D eigenvalue weighted by Crippen LogP contribution is 2.43. The zero-order valence-electron chi connectivity index (χ0n) is 7.76. The van der Waals surface area contributed by atoms with Crippen LogP contribution >= 0.6 is 23.5 Å². The van der Waals surface area contributed by atoms with Crippen LogP contribution in [0.1, 0.15) is 33.1 Å². The summed E-state index contributed by atoms with van der Waals surface area (Å²) in [6.45, 7) is 4.15. The molecule has 0 spiro atoms. The Kier molecular flexibility index (Phi) is 3.97. The van der Waals surface area contributed by atoms with Crippen LogP contribution in [-0.4, -0.2) is 21.4 Å². The minimum atomic E-state index is -0.117. The fraction of sp³-hybridized carbons (Fsp3) is 0.889. The number of rotatable bonds is 3. The molecule has 1 fully saturated rings. The maximum Gasteiger partial charge on any atom is 0.158 e. The maximum absolute atomic E-state index is 11.7. The van der Waals surface area contributed by atoms with Crippen LogP contribution in [0.5, 0.6) is 0 Å². The molecule has 0 radical (unpaired) electrons. The molecule has 1 aliphatic heterocycles.